The highest BCUT2D eigenvalue weighted by molar-refractivity contribution is 8.03. The Morgan fingerprint density at radius 3 is 3.05 bits per heavy atom. The number of aromatic carboxylic acids is 1. The van der Waals surface area contributed by atoms with Gasteiger partial charge in [0.25, 0.3) is 5.56 Å². The fraction of sp³-hybridized carbons (Fsp3) is 0.308. The van der Waals surface area contributed by atoms with Gasteiger partial charge in [0, 0.05) is 11.7 Å². The van der Waals surface area contributed by atoms with Crippen molar-refractivity contribution in [2.45, 2.75) is 25.0 Å². The molecule has 20 heavy (non-hydrogen) atoms. The number of H-pyrrole nitrogens is 1. The van der Waals surface area contributed by atoms with Crippen LogP contribution in [0.3, 0.4) is 0 Å². The van der Waals surface area contributed by atoms with E-state index in [4.69, 9.17) is 5.11 Å². The lowest BCUT2D eigenvalue weighted by molar-refractivity contribution is 0.0701. The molecule has 0 fully saturated rings. The van der Waals surface area contributed by atoms with Crippen molar-refractivity contribution in [2.24, 2.45) is 0 Å². The number of carboxylic acid groups (broad SMARTS) is 1. The number of hydrogen-bond acceptors (Lipinski definition) is 5. The molecule has 3 heterocycles. The Bertz CT molecular complexity index is 768. The number of carboxylic acids is 1. The zero-order chi connectivity index (χ0) is 14.3. The van der Waals surface area contributed by atoms with E-state index >= 15 is 0 Å². The first-order valence-electron chi connectivity index (χ1n) is 6.12. The molecule has 1 unspecified atom stereocenters. The molecule has 0 aliphatic carbocycles. The Balaban J connectivity index is 2.05. The van der Waals surface area contributed by atoms with Crippen LogP contribution >= 0.6 is 23.1 Å². The molecule has 1 atom stereocenters. The Kier molecular flexibility index (Phi) is 3.39. The normalized spacial score (nSPS) is 17.9. The van der Waals surface area contributed by atoms with Crippen LogP contribution in [0.1, 0.15) is 27.5 Å². The highest BCUT2D eigenvalue weighted by Crippen LogP contribution is 2.29. The average Bonchev–Trinajstić information content (AvgIpc) is 2.97. The first kappa shape index (κ1) is 13.4. The third kappa shape index (κ3) is 2.27. The van der Waals surface area contributed by atoms with E-state index in [1.54, 1.807) is 18.7 Å². The van der Waals surface area contributed by atoms with E-state index in [1.807, 2.05) is 0 Å². The minimum Gasteiger partial charge on any atom is -0.477 e. The van der Waals surface area contributed by atoms with Crippen molar-refractivity contribution in [3.8, 4) is 0 Å². The topological polar surface area (TPSA) is 83.0 Å². The number of thiophene rings is 1. The quantitative estimate of drug-likeness (QED) is 0.910. The number of hydrogen-bond donors (Lipinski definition) is 2. The molecule has 0 saturated carbocycles. The molecule has 0 bridgehead atoms. The van der Waals surface area contributed by atoms with Gasteiger partial charge in [-0.15, -0.1) is 23.1 Å². The number of nitrogens with one attached hydrogen (secondary N) is 1. The van der Waals surface area contributed by atoms with Gasteiger partial charge in [0.15, 0.2) is 0 Å². The molecular formula is C13H12N2O3S2. The molecule has 0 spiro atoms. The van der Waals surface area contributed by atoms with Gasteiger partial charge in [0.1, 0.15) is 15.5 Å². The predicted octanol–water partition coefficient (Wildman–Crippen LogP) is 2.55. The zero-order valence-electron chi connectivity index (χ0n) is 10.7. The zero-order valence-corrected chi connectivity index (χ0v) is 12.3. The van der Waals surface area contributed by atoms with Crippen molar-refractivity contribution in [2.75, 3.05) is 0 Å². The second-order valence-corrected chi connectivity index (χ2v) is 6.83. The van der Waals surface area contributed by atoms with Crippen molar-refractivity contribution in [1.29, 1.82) is 0 Å². The van der Waals surface area contributed by atoms with Gasteiger partial charge in [-0.25, -0.2) is 9.78 Å². The van der Waals surface area contributed by atoms with E-state index < -0.39 is 5.97 Å². The van der Waals surface area contributed by atoms with Crippen LogP contribution in [0.2, 0.25) is 0 Å². The van der Waals surface area contributed by atoms with Crippen LogP contribution < -0.4 is 5.56 Å². The highest BCUT2D eigenvalue weighted by atomic mass is 32.2. The van der Waals surface area contributed by atoms with Crippen LogP contribution in [0, 0.1) is 6.92 Å². The van der Waals surface area contributed by atoms with E-state index in [-0.39, 0.29) is 10.4 Å². The molecule has 0 aromatic carbocycles. The number of rotatable bonds is 3. The van der Waals surface area contributed by atoms with Gasteiger partial charge in [-0.3, -0.25) is 4.79 Å². The van der Waals surface area contributed by atoms with Crippen molar-refractivity contribution >= 4 is 39.3 Å². The lowest BCUT2D eigenvalue weighted by atomic mass is 10.2. The maximum Gasteiger partial charge on any atom is 0.346 e. The first-order valence-corrected chi connectivity index (χ1v) is 7.88. The van der Waals surface area contributed by atoms with E-state index in [1.165, 1.54) is 0 Å². The van der Waals surface area contributed by atoms with Crippen LogP contribution in [0.25, 0.3) is 10.2 Å². The maximum atomic E-state index is 12.1. The Morgan fingerprint density at radius 1 is 1.60 bits per heavy atom. The van der Waals surface area contributed by atoms with Gasteiger partial charge in [-0.2, -0.15) is 0 Å². The van der Waals surface area contributed by atoms with Gasteiger partial charge in [0.2, 0.25) is 0 Å². The molecule has 3 rings (SSSR count). The second-order valence-electron chi connectivity index (χ2n) is 4.62. The predicted molar refractivity (Wildman–Crippen MR) is 80.8 cm³/mol. The Labute approximate surface area is 122 Å². The Hall–Kier alpha value is -1.60. The molecule has 5 nitrogen and oxygen atoms in total. The number of allylic oxidation sites excluding steroid dienone is 1. The van der Waals surface area contributed by atoms with Crippen molar-refractivity contribution in [3.05, 3.63) is 38.1 Å². The average molecular weight is 308 g/mol. The summed E-state index contributed by atoms with van der Waals surface area (Å²) in [5.74, 6) is -0.385. The van der Waals surface area contributed by atoms with Gasteiger partial charge < -0.3 is 10.1 Å². The van der Waals surface area contributed by atoms with E-state index in [0.717, 1.165) is 17.8 Å². The van der Waals surface area contributed by atoms with Crippen molar-refractivity contribution in [1.82, 2.24) is 9.97 Å². The molecule has 0 radical (unpaired) electrons. The molecule has 1 aliphatic heterocycles. The summed E-state index contributed by atoms with van der Waals surface area (Å²) in [6, 6.07) is 0. The van der Waals surface area contributed by atoms with Crippen molar-refractivity contribution in [3.63, 3.8) is 0 Å². The summed E-state index contributed by atoms with van der Waals surface area (Å²) in [6.07, 6.45) is 3.75. The summed E-state index contributed by atoms with van der Waals surface area (Å²) in [5.41, 5.74) is 0.247. The number of aromatic nitrogens is 2. The number of carbonyl (C=O) groups is 1. The molecular weight excluding hydrogens is 296 g/mol. The smallest absolute Gasteiger partial charge is 0.346 e. The number of fused-ring (bicyclic) bond motifs is 1. The molecule has 2 N–H and O–H groups in total. The summed E-state index contributed by atoms with van der Waals surface area (Å²) in [4.78, 5) is 31.1. The molecule has 0 saturated heterocycles. The second kappa shape index (κ2) is 5.06. The first-order chi connectivity index (χ1) is 9.56. The fourth-order valence-corrected chi connectivity index (χ4v) is 4.23. The molecule has 7 heteroatoms. The molecule has 0 amide bonds. The number of aryl methyl sites for hydroxylation is 1. The maximum absolute atomic E-state index is 12.1. The minimum absolute atomic E-state index is 0.187. The van der Waals surface area contributed by atoms with Crippen LogP contribution in [0.5, 0.6) is 0 Å². The van der Waals surface area contributed by atoms with Crippen LogP contribution in [-0.4, -0.2) is 26.3 Å². The summed E-state index contributed by atoms with van der Waals surface area (Å²) < 4.78 is 0. The third-order valence-electron chi connectivity index (χ3n) is 3.23. The summed E-state index contributed by atoms with van der Waals surface area (Å²) in [6.45, 7) is 1.65. The monoisotopic (exact) mass is 308 g/mol. The largest absolute Gasteiger partial charge is 0.477 e. The third-order valence-corrected chi connectivity index (χ3v) is 5.50. The summed E-state index contributed by atoms with van der Waals surface area (Å²) in [7, 11) is 0. The molecule has 2 aromatic rings. The lowest BCUT2D eigenvalue weighted by Gasteiger charge is -2.07. The van der Waals surface area contributed by atoms with E-state index in [9.17, 15) is 9.59 Å². The van der Waals surface area contributed by atoms with Crippen molar-refractivity contribution < 1.29 is 9.90 Å². The van der Waals surface area contributed by atoms with Gasteiger partial charge in [0.05, 0.1) is 5.39 Å². The van der Waals surface area contributed by atoms with Crippen LogP contribution in [0.15, 0.2) is 16.3 Å². The highest BCUT2D eigenvalue weighted by Gasteiger charge is 2.20. The summed E-state index contributed by atoms with van der Waals surface area (Å²) in [5, 5.41) is 12.0. The van der Waals surface area contributed by atoms with Gasteiger partial charge >= 0.3 is 5.97 Å². The van der Waals surface area contributed by atoms with Crippen LogP contribution in [-0.2, 0) is 6.42 Å². The molecule has 104 valence electrons. The number of nitrogens with zero attached hydrogens (tertiary/aromatic N) is 1. The Morgan fingerprint density at radius 2 is 2.40 bits per heavy atom. The fourth-order valence-electron chi connectivity index (χ4n) is 2.27. The number of aromatic amines is 1. The minimum atomic E-state index is -1.01. The molecule has 1 aliphatic rings. The van der Waals surface area contributed by atoms with E-state index in [0.29, 0.717) is 33.3 Å². The lowest BCUT2D eigenvalue weighted by Crippen LogP contribution is -2.15. The van der Waals surface area contributed by atoms with E-state index in [2.05, 4.69) is 21.5 Å². The SMILES string of the molecule is Cc1c(C(=O)O)sc2nc(CC3CC=CS3)[nH]c(=O)c12. The van der Waals surface area contributed by atoms with Gasteiger partial charge in [-0.1, -0.05) is 6.08 Å². The standard InChI is InChI=1S/C13H12N2O3S2/c1-6-9-11(16)14-8(5-7-3-2-4-19-7)15-12(9)20-10(6)13(17)18/h2,4,7H,3,5H2,1H3,(H,17,18)(H,14,15,16). The summed E-state index contributed by atoms with van der Waals surface area (Å²) >= 11 is 2.79. The van der Waals surface area contributed by atoms with Gasteiger partial charge in [-0.05, 0) is 24.3 Å². The number of thioether (sulfide) groups is 1. The van der Waals surface area contributed by atoms with Crippen LogP contribution in [0.4, 0.5) is 0 Å². The molecule has 2 aromatic heterocycles.